The third-order valence-corrected chi connectivity index (χ3v) is 4.77. The van der Waals surface area contributed by atoms with Crippen LogP contribution >= 0.6 is 0 Å². The van der Waals surface area contributed by atoms with Crippen molar-refractivity contribution >= 4 is 11.4 Å². The Morgan fingerprint density at radius 1 is 1.16 bits per heavy atom. The largest absolute Gasteiger partial charge is 0.399 e. The van der Waals surface area contributed by atoms with Crippen molar-refractivity contribution in [1.82, 2.24) is 0 Å². The van der Waals surface area contributed by atoms with Crippen molar-refractivity contribution in [2.45, 2.75) is 32.1 Å². The maximum atomic E-state index is 9.27. The Labute approximate surface area is 115 Å². The van der Waals surface area contributed by atoms with E-state index in [1.807, 2.05) is 12.1 Å². The number of hydrogen-bond acceptors (Lipinski definition) is 3. The molecule has 0 aromatic heterocycles. The highest BCUT2D eigenvalue weighted by Crippen LogP contribution is 2.38. The lowest BCUT2D eigenvalue weighted by Crippen LogP contribution is -2.42. The third-order valence-electron chi connectivity index (χ3n) is 4.77. The Morgan fingerprint density at radius 2 is 1.95 bits per heavy atom. The fraction of sp³-hybridized carbons (Fsp3) is 0.562. The maximum absolute atomic E-state index is 9.27. The zero-order chi connectivity index (χ0) is 13.2. The van der Waals surface area contributed by atoms with Gasteiger partial charge in [-0.3, -0.25) is 0 Å². The van der Waals surface area contributed by atoms with Gasteiger partial charge in [-0.05, 0) is 42.9 Å². The molecule has 1 saturated heterocycles. The molecule has 0 radical (unpaired) electrons. The lowest BCUT2D eigenvalue weighted by atomic mass is 9.75. The maximum Gasteiger partial charge on any atom is 0.101 e. The highest BCUT2D eigenvalue weighted by molar-refractivity contribution is 5.64. The van der Waals surface area contributed by atoms with E-state index in [1.165, 1.54) is 32.1 Å². The van der Waals surface area contributed by atoms with E-state index in [0.717, 1.165) is 30.6 Å². The highest BCUT2D eigenvalue weighted by Gasteiger charge is 2.31. The predicted molar refractivity (Wildman–Crippen MR) is 77.8 cm³/mol. The van der Waals surface area contributed by atoms with Gasteiger partial charge < -0.3 is 10.6 Å². The molecule has 2 unspecified atom stereocenters. The van der Waals surface area contributed by atoms with Crippen LogP contribution in [0, 0.1) is 23.2 Å². The second-order valence-electron chi connectivity index (χ2n) is 5.93. The number of rotatable bonds is 1. The number of hydrogen-bond donors (Lipinski definition) is 1. The van der Waals surface area contributed by atoms with Crippen molar-refractivity contribution in [3.63, 3.8) is 0 Å². The van der Waals surface area contributed by atoms with Crippen molar-refractivity contribution in [3.8, 4) is 6.07 Å². The zero-order valence-electron chi connectivity index (χ0n) is 11.3. The first-order valence-corrected chi connectivity index (χ1v) is 7.32. The molecule has 2 aliphatic rings. The number of benzene rings is 1. The third kappa shape index (κ3) is 2.40. The van der Waals surface area contributed by atoms with Crippen LogP contribution in [0.25, 0.3) is 0 Å². The summed E-state index contributed by atoms with van der Waals surface area (Å²) >= 11 is 0. The molecule has 0 spiro atoms. The molecule has 3 rings (SSSR count). The Hall–Kier alpha value is -1.69. The summed E-state index contributed by atoms with van der Waals surface area (Å²) in [4.78, 5) is 2.39. The number of fused-ring (bicyclic) bond motifs is 1. The number of anilines is 2. The Bertz CT molecular complexity index is 503. The number of nitrogens with zero attached hydrogens (tertiary/aromatic N) is 2. The molecular formula is C16H21N3. The van der Waals surface area contributed by atoms with Gasteiger partial charge in [0.15, 0.2) is 0 Å². The smallest absolute Gasteiger partial charge is 0.101 e. The molecule has 2 N–H and O–H groups in total. The molecular weight excluding hydrogens is 234 g/mol. The summed E-state index contributed by atoms with van der Waals surface area (Å²) in [6.07, 6.45) is 6.83. The number of nitrogen functional groups attached to an aromatic ring is 1. The van der Waals surface area contributed by atoms with E-state index in [1.54, 1.807) is 6.07 Å². The van der Waals surface area contributed by atoms with E-state index in [2.05, 4.69) is 11.0 Å². The van der Waals surface area contributed by atoms with Crippen molar-refractivity contribution in [2.24, 2.45) is 11.8 Å². The minimum atomic E-state index is 0.674. The first-order chi connectivity index (χ1) is 9.28. The second-order valence-corrected chi connectivity index (χ2v) is 5.93. The first kappa shape index (κ1) is 12.3. The normalized spacial score (nSPS) is 26.6. The Balaban J connectivity index is 1.81. The molecule has 1 aromatic rings. The summed E-state index contributed by atoms with van der Waals surface area (Å²) in [5.41, 5.74) is 8.23. The van der Waals surface area contributed by atoms with Gasteiger partial charge in [0.05, 0.1) is 11.3 Å². The molecule has 100 valence electrons. The summed E-state index contributed by atoms with van der Waals surface area (Å²) in [6.45, 7) is 2.20. The number of nitrogens with two attached hydrogens (primary N) is 1. The number of nitriles is 1. The molecule has 19 heavy (non-hydrogen) atoms. The molecule has 2 atom stereocenters. The van der Waals surface area contributed by atoms with Crippen molar-refractivity contribution in [2.75, 3.05) is 23.7 Å². The van der Waals surface area contributed by atoms with Crippen LogP contribution in [-0.2, 0) is 0 Å². The average molecular weight is 255 g/mol. The fourth-order valence-electron chi connectivity index (χ4n) is 3.74. The Morgan fingerprint density at radius 3 is 2.74 bits per heavy atom. The monoisotopic (exact) mass is 255 g/mol. The molecule has 3 heteroatoms. The lowest BCUT2D eigenvalue weighted by molar-refractivity contribution is 0.202. The molecule has 1 aliphatic carbocycles. The van der Waals surface area contributed by atoms with Gasteiger partial charge in [0.2, 0.25) is 0 Å². The first-order valence-electron chi connectivity index (χ1n) is 7.32. The molecule has 0 bridgehead atoms. The zero-order valence-corrected chi connectivity index (χ0v) is 11.3. The average Bonchev–Trinajstić information content (AvgIpc) is 2.46. The van der Waals surface area contributed by atoms with E-state index in [0.29, 0.717) is 11.3 Å². The van der Waals surface area contributed by atoms with Gasteiger partial charge in [0, 0.05) is 18.8 Å². The summed E-state index contributed by atoms with van der Waals surface area (Å²) in [6, 6.07) is 7.99. The molecule has 3 nitrogen and oxygen atoms in total. The topological polar surface area (TPSA) is 53.1 Å². The van der Waals surface area contributed by atoms with Gasteiger partial charge in [0.25, 0.3) is 0 Å². The lowest BCUT2D eigenvalue weighted by Gasteiger charge is -2.42. The SMILES string of the molecule is N#Cc1cc(N)ccc1N1CCC2CCCCC2C1. The quantitative estimate of drug-likeness (QED) is 0.784. The summed E-state index contributed by atoms with van der Waals surface area (Å²) in [5, 5.41) is 9.27. The minimum absolute atomic E-state index is 0.674. The molecule has 1 aliphatic heterocycles. The van der Waals surface area contributed by atoms with Gasteiger partial charge in [-0.25, -0.2) is 0 Å². The molecule has 1 heterocycles. The van der Waals surface area contributed by atoms with Gasteiger partial charge in [-0.1, -0.05) is 19.3 Å². The van der Waals surface area contributed by atoms with Gasteiger partial charge in [-0.2, -0.15) is 5.26 Å². The summed E-state index contributed by atoms with van der Waals surface area (Å²) < 4.78 is 0. The van der Waals surface area contributed by atoms with Crippen LogP contribution in [0.5, 0.6) is 0 Å². The molecule has 1 saturated carbocycles. The van der Waals surface area contributed by atoms with E-state index < -0.39 is 0 Å². The van der Waals surface area contributed by atoms with E-state index in [4.69, 9.17) is 5.73 Å². The van der Waals surface area contributed by atoms with E-state index in [9.17, 15) is 5.26 Å². The minimum Gasteiger partial charge on any atom is -0.399 e. The van der Waals surface area contributed by atoms with Gasteiger partial charge in [-0.15, -0.1) is 0 Å². The molecule has 1 aromatic carbocycles. The predicted octanol–water partition coefficient (Wildman–Crippen LogP) is 3.16. The van der Waals surface area contributed by atoms with Crippen LogP contribution in [0.2, 0.25) is 0 Å². The van der Waals surface area contributed by atoms with Crippen LogP contribution in [0.1, 0.15) is 37.7 Å². The van der Waals surface area contributed by atoms with E-state index >= 15 is 0 Å². The van der Waals surface area contributed by atoms with Crippen LogP contribution in [0.4, 0.5) is 11.4 Å². The highest BCUT2D eigenvalue weighted by atomic mass is 15.1. The van der Waals surface area contributed by atoms with Crippen molar-refractivity contribution in [3.05, 3.63) is 23.8 Å². The fourth-order valence-corrected chi connectivity index (χ4v) is 3.74. The van der Waals surface area contributed by atoms with E-state index in [-0.39, 0.29) is 0 Å². The van der Waals surface area contributed by atoms with Crippen LogP contribution in [0.15, 0.2) is 18.2 Å². The van der Waals surface area contributed by atoms with Gasteiger partial charge >= 0.3 is 0 Å². The summed E-state index contributed by atoms with van der Waals surface area (Å²) in [5.74, 6) is 1.75. The summed E-state index contributed by atoms with van der Waals surface area (Å²) in [7, 11) is 0. The number of piperidine rings is 1. The molecule has 0 amide bonds. The standard InChI is InChI=1S/C16H21N3/c17-10-14-9-15(18)5-6-16(14)19-8-7-12-3-1-2-4-13(12)11-19/h5-6,9,12-13H,1-4,7-8,11,18H2. The molecule has 2 fully saturated rings. The van der Waals surface area contributed by atoms with Crippen molar-refractivity contribution < 1.29 is 0 Å². The van der Waals surface area contributed by atoms with Gasteiger partial charge in [0.1, 0.15) is 6.07 Å². The van der Waals surface area contributed by atoms with Crippen LogP contribution < -0.4 is 10.6 Å². The van der Waals surface area contributed by atoms with Crippen LogP contribution in [0.3, 0.4) is 0 Å². The second kappa shape index (κ2) is 5.13. The Kier molecular flexibility index (Phi) is 3.33. The van der Waals surface area contributed by atoms with Crippen molar-refractivity contribution in [1.29, 1.82) is 5.26 Å². The van der Waals surface area contributed by atoms with Crippen LogP contribution in [-0.4, -0.2) is 13.1 Å².